The van der Waals surface area contributed by atoms with E-state index in [-0.39, 0.29) is 0 Å². The van der Waals surface area contributed by atoms with Gasteiger partial charge in [-0.05, 0) is 57.6 Å². The molecule has 1 N–H and O–H groups in total. The molecule has 142 valence electrons. The maximum Gasteiger partial charge on any atom is 0.0250 e. The number of hydrogen-bond acceptors (Lipinski definition) is 3. The van der Waals surface area contributed by atoms with E-state index in [1.54, 1.807) is 0 Å². The Balaban J connectivity index is 1.66. The number of aryl methyl sites for hydroxylation is 1. The summed E-state index contributed by atoms with van der Waals surface area (Å²) in [7, 11) is 1.34. The fraction of sp³-hybridized carbons (Fsp3) is 0.200. The van der Waals surface area contributed by atoms with E-state index in [4.69, 9.17) is 0 Å². The third-order valence-corrected chi connectivity index (χ3v) is 6.30. The van der Waals surface area contributed by atoms with Crippen molar-refractivity contribution >= 4 is 28.7 Å². The Labute approximate surface area is 177 Å². The Morgan fingerprint density at radius 2 is 1.64 bits per heavy atom. The van der Waals surface area contributed by atoms with Crippen LogP contribution in [0.3, 0.4) is 0 Å². The molecule has 3 aromatic carbocycles. The lowest BCUT2D eigenvalue weighted by molar-refractivity contribution is 0.524. The quantitative estimate of drug-likeness (QED) is 0.207. The summed E-state index contributed by atoms with van der Waals surface area (Å²) in [5.41, 5.74) is 7.07. The summed E-state index contributed by atoms with van der Waals surface area (Å²) in [6, 6.07) is 29.1. The molecule has 1 aliphatic carbocycles. The van der Waals surface area contributed by atoms with Crippen LogP contribution in [0.15, 0.2) is 84.9 Å². The van der Waals surface area contributed by atoms with Crippen LogP contribution in [0.25, 0.3) is 6.08 Å². The maximum atomic E-state index is 4.09. The van der Waals surface area contributed by atoms with Gasteiger partial charge in [0.05, 0.1) is 0 Å². The van der Waals surface area contributed by atoms with E-state index in [1.165, 1.54) is 45.2 Å². The topological polar surface area (TPSA) is 12.0 Å². The molecule has 0 heterocycles. The monoisotopic (exact) mass is 403 g/mol. The molecule has 0 aliphatic heterocycles. The van der Waals surface area contributed by atoms with Crippen molar-refractivity contribution in [2.24, 2.45) is 0 Å². The van der Waals surface area contributed by atoms with Crippen LogP contribution >= 0.6 is 22.6 Å². The molecule has 3 heteroatoms. The van der Waals surface area contributed by atoms with Gasteiger partial charge in [0.25, 0.3) is 0 Å². The molecule has 2 unspecified atom stereocenters. The first-order valence-corrected chi connectivity index (χ1v) is 11.7. The van der Waals surface area contributed by atoms with Crippen molar-refractivity contribution in [3.63, 3.8) is 0 Å². The molecule has 28 heavy (non-hydrogen) atoms. The third-order valence-electron chi connectivity index (χ3n) is 5.62. The molecule has 0 spiro atoms. The lowest BCUT2D eigenvalue weighted by Gasteiger charge is -2.34. The second kappa shape index (κ2) is 9.51. The van der Waals surface area contributed by atoms with Crippen LogP contribution in [0.2, 0.25) is 0 Å². The fourth-order valence-corrected chi connectivity index (χ4v) is 4.72. The zero-order valence-electron chi connectivity index (χ0n) is 15.8. The highest BCUT2D eigenvalue weighted by Crippen LogP contribution is 2.46. The SMILES string of the molecule is SSNC/C=C/c1ccc(C2c3ccccc3CCC2c2ccccc2)cc1. The van der Waals surface area contributed by atoms with Gasteiger partial charge in [0.15, 0.2) is 0 Å². The normalized spacial score (nSPS) is 18.9. The third kappa shape index (κ3) is 4.38. The number of hydrogen-bond donors (Lipinski definition) is 2. The Bertz CT molecular complexity index is 919. The van der Waals surface area contributed by atoms with Gasteiger partial charge in [0.1, 0.15) is 0 Å². The van der Waals surface area contributed by atoms with Gasteiger partial charge >= 0.3 is 0 Å². The highest BCUT2D eigenvalue weighted by Gasteiger charge is 2.31. The first-order valence-electron chi connectivity index (χ1n) is 9.79. The molecule has 0 bridgehead atoms. The van der Waals surface area contributed by atoms with E-state index in [0.29, 0.717) is 11.8 Å². The van der Waals surface area contributed by atoms with Crippen molar-refractivity contribution in [3.8, 4) is 0 Å². The van der Waals surface area contributed by atoms with Crippen LogP contribution in [-0.4, -0.2) is 6.54 Å². The highest BCUT2D eigenvalue weighted by molar-refractivity contribution is 8.67. The Kier molecular flexibility index (Phi) is 6.58. The Morgan fingerprint density at radius 1 is 0.893 bits per heavy atom. The van der Waals surface area contributed by atoms with Gasteiger partial charge in [-0.3, -0.25) is 4.72 Å². The first kappa shape index (κ1) is 19.4. The van der Waals surface area contributed by atoms with E-state index in [2.05, 4.69) is 107 Å². The molecule has 0 saturated carbocycles. The average Bonchev–Trinajstić information content (AvgIpc) is 2.77. The number of thiol groups is 1. The average molecular weight is 404 g/mol. The van der Waals surface area contributed by atoms with Crippen molar-refractivity contribution in [1.82, 2.24) is 4.72 Å². The molecule has 1 nitrogen and oxygen atoms in total. The molecule has 4 rings (SSSR count). The Morgan fingerprint density at radius 3 is 2.43 bits per heavy atom. The zero-order chi connectivity index (χ0) is 19.2. The van der Waals surface area contributed by atoms with E-state index >= 15 is 0 Å². The summed E-state index contributed by atoms with van der Waals surface area (Å²) in [4.78, 5) is 0. The molecule has 1 aliphatic rings. The van der Waals surface area contributed by atoms with Crippen LogP contribution in [-0.2, 0) is 6.42 Å². The van der Waals surface area contributed by atoms with Crippen molar-refractivity contribution in [1.29, 1.82) is 0 Å². The molecule has 3 aromatic rings. The van der Waals surface area contributed by atoms with Gasteiger partial charge in [-0.2, -0.15) is 0 Å². The largest absolute Gasteiger partial charge is 0.251 e. The second-order valence-corrected chi connectivity index (χ2v) is 8.26. The predicted octanol–water partition coefficient (Wildman–Crippen LogP) is 6.64. The maximum absolute atomic E-state index is 4.09. The minimum atomic E-state index is 0.410. The van der Waals surface area contributed by atoms with Gasteiger partial charge in [-0.1, -0.05) is 103 Å². The number of nitrogens with one attached hydrogen (secondary N) is 1. The standard InChI is InChI=1S/C25H25NS2/c27-28-26-18-6-7-19-12-14-22(15-13-19)25-23-11-5-4-10-21(23)16-17-24(25)20-8-2-1-3-9-20/h1-15,24-27H,16-18H2/b7-6+. The van der Waals surface area contributed by atoms with E-state index in [0.717, 1.165) is 13.0 Å². The van der Waals surface area contributed by atoms with Crippen LogP contribution in [0.1, 0.15) is 46.1 Å². The van der Waals surface area contributed by atoms with Gasteiger partial charge in [0.2, 0.25) is 0 Å². The summed E-state index contributed by atoms with van der Waals surface area (Å²) in [6.07, 6.45) is 6.63. The molecule has 0 aromatic heterocycles. The summed E-state index contributed by atoms with van der Waals surface area (Å²) >= 11 is 4.09. The van der Waals surface area contributed by atoms with Crippen LogP contribution < -0.4 is 4.72 Å². The minimum absolute atomic E-state index is 0.410. The Hall–Kier alpha value is -1.94. The molecular weight excluding hydrogens is 378 g/mol. The summed E-state index contributed by atoms with van der Waals surface area (Å²) in [5.74, 6) is 0.932. The summed E-state index contributed by atoms with van der Waals surface area (Å²) < 4.78 is 3.11. The molecule has 0 radical (unpaired) electrons. The summed E-state index contributed by atoms with van der Waals surface area (Å²) in [6.45, 7) is 0.808. The molecule has 0 saturated heterocycles. The van der Waals surface area contributed by atoms with Crippen LogP contribution in [0, 0.1) is 0 Å². The van der Waals surface area contributed by atoms with Crippen molar-refractivity contribution < 1.29 is 0 Å². The van der Waals surface area contributed by atoms with Crippen LogP contribution in [0.4, 0.5) is 0 Å². The van der Waals surface area contributed by atoms with Crippen molar-refractivity contribution in [2.75, 3.05) is 6.54 Å². The smallest absolute Gasteiger partial charge is 0.0250 e. The summed E-state index contributed by atoms with van der Waals surface area (Å²) in [5, 5.41) is 0. The number of fused-ring (bicyclic) bond motifs is 1. The number of rotatable bonds is 6. The molecular formula is C25H25NS2. The van der Waals surface area contributed by atoms with Crippen molar-refractivity contribution in [3.05, 3.63) is 113 Å². The van der Waals surface area contributed by atoms with Gasteiger partial charge in [-0.25, -0.2) is 0 Å². The number of benzene rings is 3. The van der Waals surface area contributed by atoms with E-state index in [1.807, 2.05) is 0 Å². The minimum Gasteiger partial charge on any atom is -0.251 e. The van der Waals surface area contributed by atoms with E-state index < -0.39 is 0 Å². The highest BCUT2D eigenvalue weighted by atomic mass is 33.1. The first-order chi connectivity index (χ1) is 13.9. The van der Waals surface area contributed by atoms with Gasteiger partial charge in [0, 0.05) is 12.5 Å². The lowest BCUT2D eigenvalue weighted by Crippen LogP contribution is -2.20. The van der Waals surface area contributed by atoms with Crippen molar-refractivity contribution in [2.45, 2.75) is 24.7 Å². The lowest BCUT2D eigenvalue weighted by atomic mass is 9.69. The second-order valence-electron chi connectivity index (χ2n) is 7.24. The zero-order valence-corrected chi connectivity index (χ0v) is 17.5. The van der Waals surface area contributed by atoms with E-state index in [9.17, 15) is 0 Å². The fourth-order valence-electron chi connectivity index (χ4n) is 4.33. The predicted molar refractivity (Wildman–Crippen MR) is 126 cm³/mol. The van der Waals surface area contributed by atoms with Gasteiger partial charge < -0.3 is 0 Å². The molecule has 0 fully saturated rings. The van der Waals surface area contributed by atoms with Gasteiger partial charge in [-0.15, -0.1) is 0 Å². The van der Waals surface area contributed by atoms with Crippen LogP contribution in [0.5, 0.6) is 0 Å². The molecule has 0 amide bonds. The molecule has 2 atom stereocenters.